The number of nitrogens with one attached hydrogen (secondary N) is 1. The van der Waals surface area contributed by atoms with E-state index < -0.39 is 6.17 Å². The Labute approximate surface area is 264 Å². The number of hydrogen-bond acceptors (Lipinski definition) is 5. The molecule has 216 valence electrons. The number of fused-ring (bicyclic) bond motifs is 6. The van der Waals surface area contributed by atoms with Crippen LogP contribution in [-0.4, -0.2) is 16.2 Å². The van der Waals surface area contributed by atoms with Crippen LogP contribution in [0.5, 0.6) is 0 Å². The monoisotopic (exact) mass is 591 g/mol. The van der Waals surface area contributed by atoms with Crippen LogP contribution in [0, 0.1) is 11.3 Å². The normalized spacial score (nSPS) is 14.7. The highest BCUT2D eigenvalue weighted by Gasteiger charge is 2.22. The zero-order valence-electron chi connectivity index (χ0n) is 24.6. The van der Waals surface area contributed by atoms with E-state index >= 15 is 0 Å². The van der Waals surface area contributed by atoms with Crippen LogP contribution in [0.1, 0.15) is 28.4 Å². The minimum atomic E-state index is -0.407. The van der Waals surface area contributed by atoms with Crippen molar-refractivity contribution in [3.63, 3.8) is 0 Å². The van der Waals surface area contributed by atoms with E-state index in [1.807, 2.05) is 66.7 Å². The molecular weight excluding hydrogens is 566 g/mol. The van der Waals surface area contributed by atoms with Crippen LogP contribution in [0.4, 0.5) is 0 Å². The first kappa shape index (κ1) is 26.0. The van der Waals surface area contributed by atoms with Gasteiger partial charge in [-0.1, -0.05) is 91.0 Å². The van der Waals surface area contributed by atoms with Gasteiger partial charge in [-0.15, -0.1) is 0 Å². The molecule has 1 atom stereocenters. The molecule has 1 N–H and O–H groups in total. The van der Waals surface area contributed by atoms with Crippen LogP contribution in [0.3, 0.4) is 0 Å². The van der Waals surface area contributed by atoms with Gasteiger partial charge in [-0.25, -0.2) is 9.98 Å². The van der Waals surface area contributed by atoms with E-state index in [9.17, 15) is 5.26 Å². The van der Waals surface area contributed by atoms with E-state index in [0.717, 1.165) is 72.0 Å². The molecule has 6 nitrogen and oxygen atoms in total. The van der Waals surface area contributed by atoms with Gasteiger partial charge < -0.3 is 14.3 Å². The second kappa shape index (κ2) is 10.3. The number of nitriles is 1. The minimum Gasteiger partial charge on any atom is -0.456 e. The van der Waals surface area contributed by atoms with Crippen molar-refractivity contribution in [3.8, 4) is 11.8 Å². The number of nitrogens with zero attached hydrogens (tertiary/aromatic N) is 4. The summed E-state index contributed by atoms with van der Waals surface area (Å²) in [5.41, 5.74) is 8.33. The largest absolute Gasteiger partial charge is 0.456 e. The Morgan fingerprint density at radius 3 is 2.30 bits per heavy atom. The summed E-state index contributed by atoms with van der Waals surface area (Å²) < 4.78 is 8.58. The van der Waals surface area contributed by atoms with Crippen LogP contribution in [-0.2, 0) is 0 Å². The second-order valence-electron chi connectivity index (χ2n) is 11.4. The molecule has 1 aliphatic rings. The highest BCUT2D eigenvalue weighted by Crippen LogP contribution is 2.38. The van der Waals surface area contributed by atoms with Crippen LogP contribution in [0.2, 0.25) is 0 Å². The Kier molecular flexibility index (Phi) is 5.84. The Bertz CT molecular complexity index is 2580. The number of furan rings is 1. The topological polar surface area (TPSA) is 78.6 Å². The van der Waals surface area contributed by atoms with Gasteiger partial charge in [0.1, 0.15) is 23.2 Å². The first-order valence-corrected chi connectivity index (χ1v) is 15.2. The van der Waals surface area contributed by atoms with Crippen molar-refractivity contribution in [1.82, 2.24) is 9.88 Å². The summed E-state index contributed by atoms with van der Waals surface area (Å²) >= 11 is 0. The van der Waals surface area contributed by atoms with Gasteiger partial charge in [0.2, 0.25) is 0 Å². The third kappa shape index (κ3) is 4.18. The summed E-state index contributed by atoms with van der Waals surface area (Å²) in [5, 5.41) is 17.5. The maximum Gasteiger partial charge on any atom is 0.159 e. The van der Waals surface area contributed by atoms with E-state index in [-0.39, 0.29) is 0 Å². The van der Waals surface area contributed by atoms with Gasteiger partial charge in [-0.2, -0.15) is 5.26 Å². The Hall–Kier alpha value is -6.45. The molecule has 46 heavy (non-hydrogen) atoms. The molecule has 2 aromatic heterocycles. The second-order valence-corrected chi connectivity index (χ2v) is 11.4. The fourth-order valence-electron chi connectivity index (χ4n) is 6.52. The average Bonchev–Trinajstić information content (AvgIpc) is 3.65. The number of aliphatic imine (C=N–C) groups is 2. The predicted molar refractivity (Wildman–Crippen MR) is 185 cm³/mol. The fraction of sp³-hybridized carbons (Fsp3) is 0.0250. The van der Waals surface area contributed by atoms with Crippen molar-refractivity contribution < 1.29 is 4.42 Å². The molecule has 8 aromatic rings. The molecule has 0 radical (unpaired) electrons. The number of amidine groups is 2. The van der Waals surface area contributed by atoms with E-state index in [1.165, 1.54) is 0 Å². The standard InChI is InChI=1S/C40H25N5O/c41-24-25-10-8-13-27(20-25)39-42-38(26-11-2-1-3-12-26)43-40(44-39)28-14-9-15-29(21-28)45-34-18-6-4-16-30(34)32-23-37-33(22-35(32)45)31-17-5-7-19-36(31)46-37/h1-23,39H,(H,42,43,44). The average molecular weight is 592 g/mol. The molecule has 1 unspecified atom stereocenters. The quantitative estimate of drug-likeness (QED) is 0.222. The van der Waals surface area contributed by atoms with E-state index in [2.05, 4.69) is 82.7 Å². The first-order valence-electron chi connectivity index (χ1n) is 15.2. The zero-order chi connectivity index (χ0) is 30.6. The van der Waals surface area contributed by atoms with Gasteiger partial charge in [0.15, 0.2) is 5.84 Å². The van der Waals surface area contributed by atoms with Crippen molar-refractivity contribution in [2.75, 3.05) is 0 Å². The lowest BCUT2D eigenvalue weighted by Crippen LogP contribution is -2.33. The first-order chi connectivity index (χ1) is 22.7. The molecule has 1 aliphatic heterocycles. The van der Waals surface area contributed by atoms with E-state index in [1.54, 1.807) is 6.07 Å². The smallest absolute Gasteiger partial charge is 0.159 e. The highest BCUT2D eigenvalue weighted by molar-refractivity contribution is 6.17. The summed E-state index contributed by atoms with van der Waals surface area (Å²) in [6.07, 6.45) is -0.407. The van der Waals surface area contributed by atoms with E-state index in [4.69, 9.17) is 14.4 Å². The summed E-state index contributed by atoms with van der Waals surface area (Å²) in [6, 6.07) is 49.3. The van der Waals surface area contributed by atoms with Gasteiger partial charge in [0.05, 0.1) is 22.7 Å². The molecular formula is C40H25N5O. The molecule has 0 saturated carbocycles. The van der Waals surface area contributed by atoms with Crippen molar-refractivity contribution in [2.45, 2.75) is 6.17 Å². The number of para-hydroxylation sites is 2. The van der Waals surface area contributed by atoms with Gasteiger partial charge >= 0.3 is 0 Å². The van der Waals surface area contributed by atoms with Crippen molar-refractivity contribution >= 4 is 55.4 Å². The third-order valence-electron chi connectivity index (χ3n) is 8.65. The molecule has 0 amide bonds. The van der Waals surface area contributed by atoms with Gasteiger partial charge in [0.25, 0.3) is 0 Å². The maximum absolute atomic E-state index is 9.55. The molecule has 0 bridgehead atoms. The maximum atomic E-state index is 9.55. The lowest BCUT2D eigenvalue weighted by molar-refractivity contribution is 0.669. The van der Waals surface area contributed by atoms with Crippen LogP contribution in [0.15, 0.2) is 154 Å². The van der Waals surface area contributed by atoms with Crippen LogP contribution >= 0.6 is 0 Å². The molecule has 3 heterocycles. The SMILES string of the molecule is N#Cc1cccc(C2N=C(c3cccc(-n4c5ccccc5c5cc6oc7ccccc7c6cc54)c3)N=C(c3ccccc3)N2)c1. The molecule has 9 rings (SSSR count). The highest BCUT2D eigenvalue weighted by atomic mass is 16.3. The summed E-state index contributed by atoms with van der Waals surface area (Å²) in [7, 11) is 0. The molecule has 0 fully saturated rings. The number of aromatic nitrogens is 1. The van der Waals surface area contributed by atoms with E-state index in [0.29, 0.717) is 11.4 Å². The van der Waals surface area contributed by atoms with Gasteiger partial charge in [0, 0.05) is 38.4 Å². The zero-order valence-corrected chi connectivity index (χ0v) is 24.6. The Morgan fingerprint density at radius 1 is 0.630 bits per heavy atom. The van der Waals surface area contributed by atoms with Crippen molar-refractivity contribution in [1.29, 1.82) is 5.26 Å². The van der Waals surface area contributed by atoms with Crippen LogP contribution in [0.25, 0.3) is 49.4 Å². The Morgan fingerprint density at radius 2 is 1.41 bits per heavy atom. The lowest BCUT2D eigenvalue weighted by Gasteiger charge is -2.24. The molecule has 6 heteroatoms. The van der Waals surface area contributed by atoms with Crippen molar-refractivity contribution in [3.05, 3.63) is 162 Å². The van der Waals surface area contributed by atoms with Gasteiger partial charge in [-0.3, -0.25) is 0 Å². The lowest BCUT2D eigenvalue weighted by atomic mass is 10.1. The fourth-order valence-corrected chi connectivity index (χ4v) is 6.52. The number of rotatable bonds is 4. The molecule has 0 aliphatic carbocycles. The minimum absolute atomic E-state index is 0.407. The van der Waals surface area contributed by atoms with Crippen molar-refractivity contribution in [2.24, 2.45) is 9.98 Å². The Balaban J connectivity index is 1.24. The summed E-state index contributed by atoms with van der Waals surface area (Å²) in [4.78, 5) is 10.1. The summed E-state index contributed by atoms with van der Waals surface area (Å²) in [5.74, 6) is 1.35. The van der Waals surface area contributed by atoms with Crippen LogP contribution < -0.4 is 5.32 Å². The third-order valence-corrected chi connectivity index (χ3v) is 8.65. The predicted octanol–water partition coefficient (Wildman–Crippen LogP) is 9.05. The molecule has 0 saturated heterocycles. The number of hydrogen-bond donors (Lipinski definition) is 1. The molecule has 0 spiro atoms. The molecule has 6 aromatic carbocycles. The number of benzene rings is 6. The summed E-state index contributed by atoms with van der Waals surface area (Å²) in [6.45, 7) is 0. The van der Waals surface area contributed by atoms with Gasteiger partial charge in [-0.05, 0) is 54.1 Å².